The van der Waals surface area contributed by atoms with Crippen molar-refractivity contribution in [1.29, 1.82) is 0 Å². The zero-order valence-corrected chi connectivity index (χ0v) is 16.6. The molecule has 0 amide bonds. The van der Waals surface area contributed by atoms with Gasteiger partial charge in [-0.1, -0.05) is 24.3 Å². The number of para-hydroxylation sites is 1. The van der Waals surface area contributed by atoms with Crippen molar-refractivity contribution in [2.45, 2.75) is 30.9 Å². The van der Waals surface area contributed by atoms with Gasteiger partial charge in [-0.2, -0.15) is 10.2 Å². The van der Waals surface area contributed by atoms with Gasteiger partial charge in [0.2, 0.25) is 0 Å². The molecular weight excluding hydrogens is 379 g/mol. The van der Waals surface area contributed by atoms with Gasteiger partial charge in [0, 0.05) is 6.07 Å². The van der Waals surface area contributed by atoms with E-state index >= 15 is 0 Å². The number of rotatable bonds is 6. The maximum atomic E-state index is 13.1. The summed E-state index contributed by atoms with van der Waals surface area (Å²) in [6, 6.07) is 14.4. The monoisotopic (exact) mass is 400 g/mol. The summed E-state index contributed by atoms with van der Waals surface area (Å²) in [5.74, 6) is 0.193. The molecule has 0 saturated carbocycles. The van der Waals surface area contributed by atoms with Crippen molar-refractivity contribution in [2.75, 3.05) is 5.43 Å². The van der Waals surface area contributed by atoms with E-state index in [-0.39, 0.29) is 10.7 Å². The number of hydrogen-bond acceptors (Lipinski definition) is 5. The average Bonchev–Trinajstić information content (AvgIpc) is 3.15. The number of nitrogens with zero attached hydrogens (tertiary/aromatic N) is 3. The lowest BCUT2D eigenvalue weighted by Gasteiger charge is -2.14. The van der Waals surface area contributed by atoms with Crippen molar-refractivity contribution < 1.29 is 12.8 Å². The molecule has 3 aromatic rings. The van der Waals surface area contributed by atoms with Gasteiger partial charge in [-0.25, -0.2) is 17.5 Å². The van der Waals surface area contributed by atoms with Crippen molar-refractivity contribution in [3.8, 4) is 5.69 Å². The molecule has 0 atom stereocenters. The van der Waals surface area contributed by atoms with Crippen LogP contribution in [0.1, 0.15) is 26.3 Å². The van der Waals surface area contributed by atoms with E-state index in [2.05, 4.69) is 15.6 Å². The number of benzene rings is 2. The van der Waals surface area contributed by atoms with Gasteiger partial charge in [0.15, 0.2) is 9.84 Å². The maximum Gasteiger partial charge on any atom is 0.182 e. The Balaban J connectivity index is 1.96. The van der Waals surface area contributed by atoms with Crippen LogP contribution < -0.4 is 5.43 Å². The first-order chi connectivity index (χ1) is 13.3. The van der Waals surface area contributed by atoms with Crippen LogP contribution in [-0.4, -0.2) is 29.2 Å². The third-order valence-corrected chi connectivity index (χ3v) is 6.46. The van der Waals surface area contributed by atoms with Crippen LogP contribution in [0.2, 0.25) is 0 Å². The Kier molecular flexibility index (Phi) is 5.60. The minimum atomic E-state index is -3.49. The number of anilines is 1. The Morgan fingerprint density at radius 3 is 2.46 bits per heavy atom. The summed E-state index contributed by atoms with van der Waals surface area (Å²) in [7, 11) is -3.49. The first-order valence-corrected chi connectivity index (χ1v) is 10.3. The van der Waals surface area contributed by atoms with Gasteiger partial charge in [-0.05, 0) is 50.6 Å². The SMILES string of the molecule is CC(=NNc1ccnn1-c1ccccc1S(=O)(=O)C(C)C)c1ccc(F)cc1. The second-order valence-corrected chi connectivity index (χ2v) is 8.98. The highest BCUT2D eigenvalue weighted by molar-refractivity contribution is 7.92. The van der Waals surface area contributed by atoms with E-state index in [1.54, 1.807) is 69.4 Å². The standard InChI is InChI=1S/C20H21FN4O2S/c1-14(2)28(26,27)19-7-5-4-6-18(19)25-20(12-13-22-25)24-23-15(3)16-8-10-17(21)11-9-16/h4-14,24H,1-3H3. The molecule has 1 aromatic heterocycles. The van der Waals surface area contributed by atoms with Crippen LogP contribution in [0, 0.1) is 5.82 Å². The molecule has 0 fully saturated rings. The highest BCUT2D eigenvalue weighted by atomic mass is 32.2. The normalized spacial score (nSPS) is 12.4. The van der Waals surface area contributed by atoms with Crippen LogP contribution in [0.25, 0.3) is 5.69 Å². The molecule has 0 aliphatic rings. The fourth-order valence-corrected chi connectivity index (χ4v) is 3.83. The summed E-state index contributed by atoms with van der Waals surface area (Å²) in [6.45, 7) is 5.08. The topological polar surface area (TPSA) is 76.3 Å². The molecule has 0 spiro atoms. The molecule has 0 radical (unpaired) electrons. The Bertz CT molecular complexity index is 1100. The van der Waals surface area contributed by atoms with Gasteiger partial charge in [0.1, 0.15) is 11.6 Å². The lowest BCUT2D eigenvalue weighted by atomic mass is 10.1. The van der Waals surface area contributed by atoms with E-state index in [0.29, 0.717) is 17.2 Å². The largest absolute Gasteiger partial charge is 0.261 e. The lowest BCUT2D eigenvalue weighted by Crippen LogP contribution is -2.17. The fourth-order valence-electron chi connectivity index (χ4n) is 2.60. The predicted octanol–water partition coefficient (Wildman–Crippen LogP) is 4.03. The molecule has 1 heterocycles. The molecule has 0 unspecified atom stereocenters. The molecule has 1 N–H and O–H groups in total. The van der Waals surface area contributed by atoms with Gasteiger partial charge >= 0.3 is 0 Å². The van der Waals surface area contributed by atoms with Crippen molar-refractivity contribution in [3.05, 3.63) is 72.2 Å². The Hall–Kier alpha value is -3.00. The molecule has 6 nitrogen and oxygen atoms in total. The Morgan fingerprint density at radius 2 is 1.79 bits per heavy atom. The van der Waals surface area contributed by atoms with Crippen LogP contribution in [0.4, 0.5) is 10.2 Å². The summed E-state index contributed by atoms with van der Waals surface area (Å²) in [5, 5.41) is 8.01. The fraction of sp³-hybridized carbons (Fsp3) is 0.200. The smallest absolute Gasteiger partial charge is 0.182 e. The van der Waals surface area contributed by atoms with Crippen LogP contribution in [-0.2, 0) is 9.84 Å². The number of sulfone groups is 1. The second-order valence-electron chi connectivity index (χ2n) is 6.51. The molecule has 0 aliphatic heterocycles. The average molecular weight is 400 g/mol. The zero-order valence-electron chi connectivity index (χ0n) is 15.8. The minimum Gasteiger partial charge on any atom is -0.261 e. The highest BCUT2D eigenvalue weighted by Crippen LogP contribution is 2.26. The van der Waals surface area contributed by atoms with Crippen LogP contribution in [0.5, 0.6) is 0 Å². The van der Waals surface area contributed by atoms with E-state index in [4.69, 9.17) is 0 Å². The van der Waals surface area contributed by atoms with Crippen molar-refractivity contribution in [3.63, 3.8) is 0 Å². The third kappa shape index (κ3) is 3.96. The number of nitrogens with one attached hydrogen (secondary N) is 1. The molecule has 0 saturated heterocycles. The molecule has 0 aliphatic carbocycles. The number of hydrogen-bond donors (Lipinski definition) is 1. The van der Waals surface area contributed by atoms with Gasteiger partial charge < -0.3 is 0 Å². The predicted molar refractivity (Wildman–Crippen MR) is 108 cm³/mol. The van der Waals surface area contributed by atoms with Crippen LogP contribution in [0.3, 0.4) is 0 Å². The molecule has 3 rings (SSSR count). The summed E-state index contributed by atoms with van der Waals surface area (Å²) in [5.41, 5.74) is 4.77. The summed E-state index contributed by atoms with van der Waals surface area (Å²) in [6.07, 6.45) is 1.56. The molecule has 28 heavy (non-hydrogen) atoms. The molecule has 146 valence electrons. The van der Waals surface area contributed by atoms with Gasteiger partial charge in [0.05, 0.1) is 27.7 Å². The van der Waals surface area contributed by atoms with E-state index in [0.717, 1.165) is 5.56 Å². The van der Waals surface area contributed by atoms with Crippen molar-refractivity contribution in [1.82, 2.24) is 9.78 Å². The lowest BCUT2D eigenvalue weighted by molar-refractivity contribution is 0.586. The molecule has 0 bridgehead atoms. The first kappa shape index (κ1) is 19.8. The summed E-state index contributed by atoms with van der Waals surface area (Å²) in [4.78, 5) is 0.205. The number of halogens is 1. The highest BCUT2D eigenvalue weighted by Gasteiger charge is 2.24. The summed E-state index contributed by atoms with van der Waals surface area (Å²) >= 11 is 0. The minimum absolute atomic E-state index is 0.205. The van der Waals surface area contributed by atoms with Gasteiger partial charge in [0.25, 0.3) is 0 Å². The van der Waals surface area contributed by atoms with Crippen molar-refractivity contribution in [2.24, 2.45) is 5.10 Å². The molecule has 2 aromatic carbocycles. The Labute approximate surface area is 163 Å². The Morgan fingerprint density at radius 1 is 1.11 bits per heavy atom. The second kappa shape index (κ2) is 7.93. The number of aromatic nitrogens is 2. The molecular formula is C20H21FN4O2S. The molecule has 8 heteroatoms. The van der Waals surface area contributed by atoms with Crippen molar-refractivity contribution >= 4 is 21.4 Å². The van der Waals surface area contributed by atoms with Crippen LogP contribution in [0.15, 0.2) is 70.8 Å². The van der Waals surface area contributed by atoms with E-state index in [9.17, 15) is 12.8 Å². The summed E-state index contributed by atoms with van der Waals surface area (Å²) < 4.78 is 40.0. The van der Waals surface area contributed by atoms with E-state index in [1.807, 2.05) is 0 Å². The first-order valence-electron chi connectivity index (χ1n) is 8.74. The zero-order chi connectivity index (χ0) is 20.3. The van der Waals surface area contributed by atoms with Gasteiger partial charge in [-0.3, -0.25) is 5.43 Å². The van der Waals surface area contributed by atoms with E-state index in [1.165, 1.54) is 16.8 Å². The van der Waals surface area contributed by atoms with E-state index < -0.39 is 15.1 Å². The maximum absolute atomic E-state index is 13.1. The van der Waals surface area contributed by atoms with Gasteiger partial charge in [-0.15, -0.1) is 0 Å². The number of hydrazone groups is 1. The third-order valence-electron chi connectivity index (χ3n) is 4.26. The van der Waals surface area contributed by atoms with Crippen LogP contribution >= 0.6 is 0 Å². The quantitative estimate of drug-likeness (QED) is 0.501.